The molecule has 2 aromatic rings. The van der Waals surface area contributed by atoms with Gasteiger partial charge in [0.1, 0.15) is 5.75 Å². The summed E-state index contributed by atoms with van der Waals surface area (Å²) in [5.74, 6) is 0.654. The number of carbonyl (C=O) groups excluding carboxylic acids is 1. The molecule has 0 saturated heterocycles. The molecule has 0 aliphatic carbocycles. The third-order valence-electron chi connectivity index (χ3n) is 2.01. The highest BCUT2D eigenvalue weighted by Gasteiger charge is 2.06. The molecule has 0 saturated carbocycles. The van der Waals surface area contributed by atoms with E-state index in [4.69, 9.17) is 4.74 Å². The third-order valence-corrected chi connectivity index (χ3v) is 2.01. The molecular formula is C12H11NO2. The van der Waals surface area contributed by atoms with Crippen LogP contribution in [0.1, 0.15) is 10.5 Å². The Morgan fingerprint density at radius 1 is 1.13 bits per heavy atom. The summed E-state index contributed by atoms with van der Waals surface area (Å²) in [6, 6.07) is 12.8. The molecule has 0 fully saturated rings. The van der Waals surface area contributed by atoms with Crippen molar-refractivity contribution < 1.29 is 9.53 Å². The van der Waals surface area contributed by atoms with Crippen LogP contribution in [-0.4, -0.2) is 17.4 Å². The maximum atomic E-state index is 11.5. The fraction of sp³-hybridized carbons (Fsp3) is 0.0833. The van der Waals surface area contributed by atoms with E-state index in [1.165, 1.54) is 0 Å². The van der Waals surface area contributed by atoms with Crippen LogP contribution in [0.25, 0.3) is 0 Å². The zero-order chi connectivity index (χ0) is 10.5. The first-order chi connectivity index (χ1) is 7.36. The van der Waals surface area contributed by atoms with Crippen molar-refractivity contribution in [1.29, 1.82) is 0 Å². The van der Waals surface area contributed by atoms with Gasteiger partial charge in [-0.2, -0.15) is 0 Å². The fourth-order valence-corrected chi connectivity index (χ4v) is 1.25. The molecule has 0 spiro atoms. The molecule has 1 aromatic heterocycles. The second-order valence-corrected chi connectivity index (χ2v) is 3.11. The molecule has 3 heteroatoms. The van der Waals surface area contributed by atoms with E-state index >= 15 is 0 Å². The highest BCUT2D eigenvalue weighted by molar-refractivity contribution is 5.95. The molecule has 1 N–H and O–H groups in total. The van der Waals surface area contributed by atoms with Gasteiger partial charge in [0.2, 0.25) is 5.78 Å². The van der Waals surface area contributed by atoms with Gasteiger partial charge in [0.15, 0.2) is 6.61 Å². The predicted molar refractivity (Wildman–Crippen MR) is 57.1 cm³/mol. The SMILES string of the molecule is O=C(COc1ccccc1)c1ccc[nH]1. The standard InChI is InChI=1S/C12H11NO2/c14-12(11-7-4-8-13-11)9-15-10-5-2-1-3-6-10/h1-8,13H,9H2. The smallest absolute Gasteiger partial charge is 0.216 e. The summed E-state index contributed by atoms with van der Waals surface area (Å²) in [4.78, 5) is 14.4. The first-order valence-corrected chi connectivity index (χ1v) is 4.71. The maximum absolute atomic E-state index is 11.5. The summed E-state index contributed by atoms with van der Waals surface area (Å²) in [5.41, 5.74) is 0.575. The van der Waals surface area contributed by atoms with Crippen LogP contribution < -0.4 is 4.74 Å². The van der Waals surface area contributed by atoms with Crippen LogP contribution in [0.3, 0.4) is 0 Å². The molecule has 0 aliphatic rings. The van der Waals surface area contributed by atoms with Crippen LogP contribution >= 0.6 is 0 Å². The second-order valence-electron chi connectivity index (χ2n) is 3.11. The predicted octanol–water partition coefficient (Wildman–Crippen LogP) is 2.28. The van der Waals surface area contributed by atoms with Gasteiger partial charge in [0.05, 0.1) is 5.69 Å². The van der Waals surface area contributed by atoms with Gasteiger partial charge in [-0.25, -0.2) is 0 Å². The number of Topliss-reactive ketones (excluding diaryl/α,β-unsaturated/α-hetero) is 1. The van der Waals surface area contributed by atoms with E-state index < -0.39 is 0 Å². The lowest BCUT2D eigenvalue weighted by Crippen LogP contribution is -2.11. The summed E-state index contributed by atoms with van der Waals surface area (Å²) < 4.78 is 5.32. The lowest BCUT2D eigenvalue weighted by Gasteiger charge is -2.03. The first kappa shape index (κ1) is 9.52. The van der Waals surface area contributed by atoms with E-state index in [9.17, 15) is 4.79 Å². The van der Waals surface area contributed by atoms with E-state index in [-0.39, 0.29) is 12.4 Å². The van der Waals surface area contributed by atoms with Crippen LogP contribution in [0.4, 0.5) is 0 Å². The molecule has 0 radical (unpaired) electrons. The van der Waals surface area contributed by atoms with E-state index in [1.807, 2.05) is 30.3 Å². The molecule has 1 aromatic carbocycles. The third kappa shape index (κ3) is 2.47. The zero-order valence-corrected chi connectivity index (χ0v) is 8.14. The normalized spacial score (nSPS) is 9.87. The Morgan fingerprint density at radius 2 is 1.93 bits per heavy atom. The van der Waals surface area contributed by atoms with Crippen molar-refractivity contribution in [2.75, 3.05) is 6.61 Å². The number of nitrogens with one attached hydrogen (secondary N) is 1. The number of aromatic nitrogens is 1. The molecular weight excluding hydrogens is 190 g/mol. The largest absolute Gasteiger partial charge is 0.485 e. The molecule has 3 nitrogen and oxygen atoms in total. The number of ether oxygens (including phenoxy) is 1. The number of hydrogen-bond acceptors (Lipinski definition) is 2. The van der Waals surface area contributed by atoms with Crippen molar-refractivity contribution in [2.45, 2.75) is 0 Å². The maximum Gasteiger partial charge on any atom is 0.216 e. The van der Waals surface area contributed by atoms with Crippen LogP contribution in [0, 0.1) is 0 Å². The number of benzene rings is 1. The summed E-state index contributed by atoms with van der Waals surface area (Å²) in [7, 11) is 0. The number of H-pyrrole nitrogens is 1. The van der Waals surface area contributed by atoms with Crippen molar-refractivity contribution >= 4 is 5.78 Å². The number of hydrogen-bond donors (Lipinski definition) is 1. The minimum atomic E-state index is -0.0520. The number of rotatable bonds is 4. The van der Waals surface area contributed by atoms with Crippen molar-refractivity contribution in [3.63, 3.8) is 0 Å². The van der Waals surface area contributed by atoms with E-state index in [0.29, 0.717) is 11.4 Å². The van der Waals surface area contributed by atoms with Crippen LogP contribution in [-0.2, 0) is 0 Å². The Kier molecular flexibility index (Phi) is 2.83. The number of para-hydroxylation sites is 1. The summed E-state index contributed by atoms with van der Waals surface area (Å²) in [6.07, 6.45) is 1.72. The Balaban J connectivity index is 1.92. The van der Waals surface area contributed by atoms with Crippen molar-refractivity contribution in [1.82, 2.24) is 4.98 Å². The van der Waals surface area contributed by atoms with Gasteiger partial charge >= 0.3 is 0 Å². The van der Waals surface area contributed by atoms with Gasteiger partial charge in [0, 0.05) is 6.20 Å². The molecule has 76 valence electrons. The Labute approximate surface area is 87.7 Å². The summed E-state index contributed by atoms with van der Waals surface area (Å²) in [6.45, 7) is 0.0600. The molecule has 0 amide bonds. The molecule has 0 atom stereocenters. The average molecular weight is 201 g/mol. The van der Waals surface area contributed by atoms with Gasteiger partial charge in [-0.05, 0) is 24.3 Å². The van der Waals surface area contributed by atoms with E-state index in [0.717, 1.165) is 0 Å². The Hall–Kier alpha value is -2.03. The topological polar surface area (TPSA) is 42.1 Å². The van der Waals surface area contributed by atoms with E-state index in [1.54, 1.807) is 18.3 Å². The van der Waals surface area contributed by atoms with Gasteiger partial charge < -0.3 is 9.72 Å². The molecule has 2 rings (SSSR count). The number of ketones is 1. The van der Waals surface area contributed by atoms with Crippen molar-refractivity contribution in [3.05, 3.63) is 54.4 Å². The number of carbonyl (C=O) groups is 1. The first-order valence-electron chi connectivity index (χ1n) is 4.71. The average Bonchev–Trinajstić information content (AvgIpc) is 2.81. The molecule has 0 bridgehead atoms. The summed E-state index contributed by atoms with van der Waals surface area (Å²) in [5, 5.41) is 0. The monoisotopic (exact) mass is 201 g/mol. The second kappa shape index (κ2) is 4.46. The Morgan fingerprint density at radius 3 is 2.60 bits per heavy atom. The van der Waals surface area contributed by atoms with Gasteiger partial charge in [-0.1, -0.05) is 18.2 Å². The van der Waals surface area contributed by atoms with E-state index in [2.05, 4.69) is 4.98 Å². The lowest BCUT2D eigenvalue weighted by atomic mass is 10.3. The van der Waals surface area contributed by atoms with Gasteiger partial charge in [0.25, 0.3) is 0 Å². The van der Waals surface area contributed by atoms with Crippen LogP contribution in [0.5, 0.6) is 5.75 Å². The molecule has 15 heavy (non-hydrogen) atoms. The molecule has 0 aliphatic heterocycles. The minimum Gasteiger partial charge on any atom is -0.485 e. The van der Waals surface area contributed by atoms with Crippen LogP contribution in [0.2, 0.25) is 0 Å². The molecule has 1 heterocycles. The number of aromatic amines is 1. The summed E-state index contributed by atoms with van der Waals surface area (Å²) >= 11 is 0. The van der Waals surface area contributed by atoms with Gasteiger partial charge in [-0.3, -0.25) is 4.79 Å². The van der Waals surface area contributed by atoms with Crippen molar-refractivity contribution in [2.24, 2.45) is 0 Å². The van der Waals surface area contributed by atoms with Gasteiger partial charge in [-0.15, -0.1) is 0 Å². The Bertz CT molecular complexity index is 420. The van der Waals surface area contributed by atoms with Crippen LogP contribution in [0.15, 0.2) is 48.7 Å². The highest BCUT2D eigenvalue weighted by atomic mass is 16.5. The highest BCUT2D eigenvalue weighted by Crippen LogP contribution is 2.08. The quantitative estimate of drug-likeness (QED) is 0.771. The molecule has 0 unspecified atom stereocenters. The fourth-order valence-electron chi connectivity index (χ4n) is 1.25. The van der Waals surface area contributed by atoms with Crippen molar-refractivity contribution in [3.8, 4) is 5.75 Å². The minimum absolute atomic E-state index is 0.0520. The lowest BCUT2D eigenvalue weighted by molar-refractivity contribution is 0.0917. The zero-order valence-electron chi connectivity index (χ0n) is 8.14.